The number of nitrogens with zero attached hydrogens (tertiary/aromatic N) is 2. The van der Waals surface area contributed by atoms with Gasteiger partial charge in [-0.2, -0.15) is 4.31 Å². The van der Waals surface area contributed by atoms with Crippen LogP contribution in [0.4, 0.5) is 0 Å². The van der Waals surface area contributed by atoms with Crippen LogP contribution in [0.15, 0.2) is 35.2 Å². The van der Waals surface area contributed by atoms with E-state index in [-0.39, 0.29) is 19.0 Å². The summed E-state index contributed by atoms with van der Waals surface area (Å²) < 4.78 is 45.0. The number of hydrogen-bond donors (Lipinski definition) is 0. The third-order valence-corrected chi connectivity index (χ3v) is 7.68. The van der Waals surface area contributed by atoms with Crippen molar-refractivity contribution in [2.75, 3.05) is 46.0 Å². The lowest BCUT2D eigenvalue weighted by Crippen LogP contribution is -2.50. The molecule has 0 saturated carbocycles. The summed E-state index contributed by atoms with van der Waals surface area (Å²) in [5, 5.41) is 0. The van der Waals surface area contributed by atoms with E-state index in [9.17, 15) is 13.2 Å². The van der Waals surface area contributed by atoms with Gasteiger partial charge in [-0.25, -0.2) is 8.42 Å². The Hall–Kier alpha value is -2.78. The fourth-order valence-electron chi connectivity index (χ4n) is 3.95. The Bertz CT molecular complexity index is 1100. The molecule has 2 aromatic rings. The van der Waals surface area contributed by atoms with Gasteiger partial charge >= 0.3 is 0 Å². The van der Waals surface area contributed by atoms with Crippen molar-refractivity contribution in [1.29, 1.82) is 0 Å². The van der Waals surface area contributed by atoms with Crippen molar-refractivity contribution < 1.29 is 27.4 Å². The van der Waals surface area contributed by atoms with Gasteiger partial charge in [0.15, 0.2) is 11.5 Å². The van der Waals surface area contributed by atoms with Gasteiger partial charge in [-0.15, -0.1) is 0 Å². The van der Waals surface area contributed by atoms with Crippen LogP contribution in [0.3, 0.4) is 0 Å². The Balaban J connectivity index is 1.80. The predicted molar refractivity (Wildman–Crippen MR) is 131 cm³/mol. The summed E-state index contributed by atoms with van der Waals surface area (Å²) in [6.45, 7) is 11.6. The summed E-state index contributed by atoms with van der Waals surface area (Å²) in [5.41, 5.74) is 2.02. The van der Waals surface area contributed by atoms with E-state index in [1.807, 2.05) is 39.8 Å². The third kappa shape index (κ3) is 5.47. The molecule has 186 valence electrons. The largest absolute Gasteiger partial charge is 0.490 e. The lowest BCUT2D eigenvalue weighted by molar-refractivity contribution is 0.0696. The monoisotopic (exact) mass is 490 g/mol. The van der Waals surface area contributed by atoms with Crippen LogP contribution < -0.4 is 14.2 Å². The van der Waals surface area contributed by atoms with Gasteiger partial charge in [0.2, 0.25) is 15.8 Å². The average Bonchev–Trinajstić information content (AvgIpc) is 2.82. The second kappa shape index (κ2) is 11.1. The van der Waals surface area contributed by atoms with Gasteiger partial charge in [0, 0.05) is 31.7 Å². The molecule has 1 fully saturated rings. The van der Waals surface area contributed by atoms with Crippen molar-refractivity contribution in [3.05, 3.63) is 47.0 Å². The van der Waals surface area contributed by atoms with Crippen LogP contribution in [-0.4, -0.2) is 69.5 Å². The van der Waals surface area contributed by atoms with Gasteiger partial charge < -0.3 is 19.1 Å². The molecule has 1 aliphatic heterocycles. The Morgan fingerprint density at radius 1 is 0.853 bits per heavy atom. The number of ether oxygens (including phenoxy) is 3. The molecule has 0 unspecified atom stereocenters. The third-order valence-electron chi connectivity index (χ3n) is 5.64. The number of carbonyl (C=O) groups is 1. The molecule has 0 atom stereocenters. The van der Waals surface area contributed by atoms with E-state index in [0.29, 0.717) is 66.2 Å². The molecule has 0 radical (unpaired) electrons. The molecule has 8 nitrogen and oxygen atoms in total. The van der Waals surface area contributed by atoms with Crippen molar-refractivity contribution in [2.45, 2.75) is 39.5 Å². The number of rotatable bonds is 9. The van der Waals surface area contributed by atoms with Crippen molar-refractivity contribution in [1.82, 2.24) is 9.21 Å². The minimum atomic E-state index is -3.63. The van der Waals surface area contributed by atoms with E-state index >= 15 is 0 Å². The maximum absolute atomic E-state index is 13.3. The lowest BCUT2D eigenvalue weighted by Gasteiger charge is -2.34. The van der Waals surface area contributed by atoms with E-state index in [1.54, 1.807) is 30.0 Å². The first kappa shape index (κ1) is 25.8. The van der Waals surface area contributed by atoms with Crippen LogP contribution >= 0.6 is 0 Å². The average molecular weight is 491 g/mol. The molecule has 0 spiro atoms. The van der Waals surface area contributed by atoms with E-state index < -0.39 is 10.0 Å². The molecule has 1 amide bonds. The molecule has 0 aromatic heterocycles. The first-order valence-corrected chi connectivity index (χ1v) is 13.1. The second-order valence-corrected chi connectivity index (χ2v) is 9.97. The summed E-state index contributed by atoms with van der Waals surface area (Å²) in [4.78, 5) is 15.3. The number of sulfonamides is 1. The van der Waals surface area contributed by atoms with Crippen LogP contribution in [0, 0.1) is 13.8 Å². The molecule has 3 rings (SSSR count). The molecule has 0 N–H and O–H groups in total. The lowest BCUT2D eigenvalue weighted by atomic mass is 10.1. The number of carbonyl (C=O) groups excluding carboxylic acids is 1. The fraction of sp³-hybridized carbons (Fsp3) is 0.480. The van der Waals surface area contributed by atoms with Gasteiger partial charge in [-0.3, -0.25) is 4.79 Å². The number of aryl methyl sites for hydroxylation is 2. The molecule has 9 heteroatoms. The van der Waals surface area contributed by atoms with Crippen LogP contribution in [0.25, 0.3) is 0 Å². The van der Waals surface area contributed by atoms with Gasteiger partial charge in [0.1, 0.15) is 0 Å². The quantitative estimate of drug-likeness (QED) is 0.534. The zero-order valence-corrected chi connectivity index (χ0v) is 21.4. The van der Waals surface area contributed by atoms with Crippen molar-refractivity contribution >= 4 is 15.9 Å². The Kier molecular flexibility index (Phi) is 8.43. The van der Waals surface area contributed by atoms with E-state index in [4.69, 9.17) is 14.2 Å². The normalized spacial score (nSPS) is 14.7. The van der Waals surface area contributed by atoms with Gasteiger partial charge in [-0.1, -0.05) is 12.1 Å². The minimum Gasteiger partial charge on any atom is -0.490 e. The summed E-state index contributed by atoms with van der Waals surface area (Å²) in [5.74, 6) is 1.19. The van der Waals surface area contributed by atoms with E-state index in [0.717, 1.165) is 5.56 Å². The highest BCUT2D eigenvalue weighted by molar-refractivity contribution is 7.89. The van der Waals surface area contributed by atoms with Gasteiger partial charge in [-0.05, 0) is 63.9 Å². The first-order chi connectivity index (χ1) is 16.2. The molecule has 2 aromatic carbocycles. The highest BCUT2D eigenvalue weighted by atomic mass is 32.2. The smallest absolute Gasteiger partial charge is 0.254 e. The number of benzene rings is 2. The molecule has 34 heavy (non-hydrogen) atoms. The maximum atomic E-state index is 13.3. The van der Waals surface area contributed by atoms with E-state index in [2.05, 4.69) is 0 Å². The SMILES string of the molecule is CCOc1cc(C(=O)N2CCN(S(=O)(=O)c3cc(C)ccc3C)CC2)cc(OCC)c1OCC. The van der Waals surface area contributed by atoms with Crippen LogP contribution in [-0.2, 0) is 10.0 Å². The van der Waals surface area contributed by atoms with Crippen molar-refractivity contribution in [2.24, 2.45) is 0 Å². The summed E-state index contributed by atoms with van der Waals surface area (Å²) in [6, 6.07) is 8.75. The zero-order chi connectivity index (χ0) is 24.9. The van der Waals surface area contributed by atoms with Gasteiger partial charge in [0.05, 0.1) is 24.7 Å². The standard InChI is InChI=1S/C25H34N2O6S/c1-6-31-21-16-20(17-22(32-7-2)24(21)33-8-3)25(28)26-11-13-27(14-12-26)34(29,30)23-15-18(4)9-10-19(23)5/h9-10,15-17H,6-8,11-14H2,1-5H3. The van der Waals surface area contributed by atoms with Crippen molar-refractivity contribution in [3.63, 3.8) is 0 Å². The molecule has 1 heterocycles. The summed E-state index contributed by atoms with van der Waals surface area (Å²) in [6.07, 6.45) is 0. The first-order valence-electron chi connectivity index (χ1n) is 11.7. The van der Waals surface area contributed by atoms with Crippen LogP contribution in [0.1, 0.15) is 42.3 Å². The summed E-state index contributed by atoms with van der Waals surface area (Å²) >= 11 is 0. The van der Waals surface area contributed by atoms with Crippen LogP contribution in [0.2, 0.25) is 0 Å². The Labute approximate surface area is 202 Å². The minimum absolute atomic E-state index is 0.200. The highest BCUT2D eigenvalue weighted by Gasteiger charge is 2.32. The Morgan fingerprint density at radius 2 is 1.41 bits per heavy atom. The van der Waals surface area contributed by atoms with E-state index in [1.165, 1.54) is 4.31 Å². The Morgan fingerprint density at radius 3 is 1.94 bits per heavy atom. The highest BCUT2D eigenvalue weighted by Crippen LogP contribution is 2.39. The number of amides is 1. The predicted octanol–water partition coefficient (Wildman–Crippen LogP) is 3.65. The second-order valence-electron chi connectivity index (χ2n) is 8.07. The molecular formula is C25H34N2O6S. The topological polar surface area (TPSA) is 85.4 Å². The molecule has 1 saturated heterocycles. The number of piperazine rings is 1. The fourth-order valence-corrected chi connectivity index (χ4v) is 5.68. The molecular weight excluding hydrogens is 456 g/mol. The number of hydrogen-bond acceptors (Lipinski definition) is 6. The maximum Gasteiger partial charge on any atom is 0.254 e. The zero-order valence-electron chi connectivity index (χ0n) is 20.6. The summed E-state index contributed by atoms with van der Waals surface area (Å²) in [7, 11) is -3.63. The van der Waals surface area contributed by atoms with Crippen molar-refractivity contribution in [3.8, 4) is 17.2 Å². The molecule has 0 aliphatic carbocycles. The molecule has 1 aliphatic rings. The van der Waals surface area contributed by atoms with Crippen LogP contribution in [0.5, 0.6) is 17.2 Å². The van der Waals surface area contributed by atoms with Gasteiger partial charge in [0.25, 0.3) is 5.91 Å². The molecule has 0 bridgehead atoms.